The molecular formula is C18H29N3O4Si. The van der Waals surface area contributed by atoms with Crippen molar-refractivity contribution in [1.82, 2.24) is 0 Å². The van der Waals surface area contributed by atoms with Crippen LogP contribution < -0.4 is 4.74 Å². The van der Waals surface area contributed by atoms with E-state index in [9.17, 15) is 9.90 Å². The van der Waals surface area contributed by atoms with Crippen LogP contribution in [0.5, 0.6) is 5.75 Å². The topological polar surface area (TPSA) is 105 Å². The fourth-order valence-corrected chi connectivity index (χ4v) is 2.93. The van der Waals surface area contributed by atoms with E-state index in [1.165, 1.54) is 0 Å². The molecule has 2 unspecified atom stereocenters. The molecule has 1 N–H and O–H groups in total. The maximum absolute atomic E-state index is 10.5. The average molecular weight is 380 g/mol. The summed E-state index contributed by atoms with van der Waals surface area (Å²) in [5.41, 5.74) is 9.67. The Labute approximate surface area is 156 Å². The number of ether oxygens (including phenoxy) is 1. The van der Waals surface area contributed by atoms with Gasteiger partial charge in [0.15, 0.2) is 8.32 Å². The lowest BCUT2D eigenvalue weighted by atomic mass is 10.1. The Morgan fingerprint density at radius 2 is 1.88 bits per heavy atom. The average Bonchev–Trinajstić information content (AvgIpc) is 2.57. The second-order valence-corrected chi connectivity index (χ2v) is 12.5. The number of carbonyl (C=O) groups is 1. The Hall–Kier alpha value is -1.86. The molecule has 1 aromatic rings. The van der Waals surface area contributed by atoms with Crippen LogP contribution in [0.1, 0.15) is 26.3 Å². The van der Waals surface area contributed by atoms with Crippen LogP contribution in [-0.2, 0) is 15.6 Å². The third-order valence-corrected chi connectivity index (χ3v) is 9.23. The van der Waals surface area contributed by atoms with E-state index in [4.69, 9.17) is 14.7 Å². The molecule has 0 spiro atoms. The third-order valence-electron chi connectivity index (χ3n) is 4.73. The zero-order valence-electron chi connectivity index (χ0n) is 16.2. The first kappa shape index (κ1) is 22.2. The van der Waals surface area contributed by atoms with E-state index in [0.717, 1.165) is 11.8 Å². The number of aldehydes is 1. The molecule has 0 radical (unpaired) electrons. The normalized spacial score (nSPS) is 14.2. The van der Waals surface area contributed by atoms with Gasteiger partial charge in [-0.25, -0.2) is 0 Å². The molecule has 0 amide bonds. The number of hydrogen-bond donors (Lipinski definition) is 1. The number of aliphatic hydroxyl groups is 1. The zero-order chi connectivity index (χ0) is 19.8. The Morgan fingerprint density at radius 3 is 2.38 bits per heavy atom. The largest absolute Gasteiger partial charge is 0.491 e. The molecule has 0 saturated carbocycles. The minimum Gasteiger partial charge on any atom is -0.491 e. The molecule has 144 valence electrons. The van der Waals surface area contributed by atoms with Gasteiger partial charge in [-0.3, -0.25) is 0 Å². The van der Waals surface area contributed by atoms with Gasteiger partial charge in [-0.2, -0.15) is 0 Å². The van der Waals surface area contributed by atoms with Gasteiger partial charge in [0, 0.05) is 17.9 Å². The van der Waals surface area contributed by atoms with Crippen LogP contribution >= 0.6 is 0 Å². The number of benzene rings is 1. The summed E-state index contributed by atoms with van der Waals surface area (Å²) in [5.74, 6) is 0.573. The lowest BCUT2D eigenvalue weighted by molar-refractivity contribution is -0.107. The number of rotatable bonds is 10. The Balaban J connectivity index is 2.63. The van der Waals surface area contributed by atoms with Gasteiger partial charge in [-0.1, -0.05) is 38.0 Å². The SMILES string of the molecule is CC(C)(C)[Si](C)(C)OCC(N=[N+]=[N-])C(O)COc1ccc(CC=O)cc1. The van der Waals surface area contributed by atoms with Crippen LogP contribution in [-0.4, -0.2) is 45.1 Å². The summed E-state index contributed by atoms with van der Waals surface area (Å²) in [5, 5.41) is 14.0. The highest BCUT2D eigenvalue weighted by Crippen LogP contribution is 2.36. The van der Waals surface area contributed by atoms with Gasteiger partial charge in [0.05, 0.1) is 12.1 Å². The van der Waals surface area contributed by atoms with Crippen molar-refractivity contribution in [1.29, 1.82) is 0 Å². The molecule has 7 nitrogen and oxygen atoms in total. The molecule has 0 saturated heterocycles. The van der Waals surface area contributed by atoms with E-state index in [1.54, 1.807) is 24.3 Å². The van der Waals surface area contributed by atoms with Crippen molar-refractivity contribution >= 4 is 14.6 Å². The van der Waals surface area contributed by atoms with E-state index in [1.807, 2.05) is 0 Å². The smallest absolute Gasteiger partial charge is 0.191 e. The summed E-state index contributed by atoms with van der Waals surface area (Å²) in [6, 6.07) is 6.34. The highest BCUT2D eigenvalue weighted by Gasteiger charge is 2.38. The van der Waals surface area contributed by atoms with Crippen LogP contribution in [0.25, 0.3) is 10.4 Å². The first-order chi connectivity index (χ1) is 12.1. The lowest BCUT2D eigenvalue weighted by Crippen LogP contribution is -2.44. The van der Waals surface area contributed by atoms with Crippen molar-refractivity contribution in [3.05, 3.63) is 40.3 Å². The van der Waals surface area contributed by atoms with Crippen molar-refractivity contribution in [2.45, 2.75) is 57.5 Å². The van der Waals surface area contributed by atoms with E-state index in [0.29, 0.717) is 12.2 Å². The van der Waals surface area contributed by atoms with Crippen molar-refractivity contribution in [3.63, 3.8) is 0 Å². The predicted octanol–water partition coefficient (Wildman–Crippen LogP) is 3.87. The summed E-state index contributed by atoms with van der Waals surface area (Å²) < 4.78 is 11.6. The summed E-state index contributed by atoms with van der Waals surface area (Å²) in [4.78, 5) is 13.3. The van der Waals surface area contributed by atoms with Crippen LogP contribution in [0.3, 0.4) is 0 Å². The highest BCUT2D eigenvalue weighted by atomic mass is 28.4. The van der Waals surface area contributed by atoms with Crippen molar-refractivity contribution in [2.75, 3.05) is 13.2 Å². The van der Waals surface area contributed by atoms with Gasteiger partial charge in [0.1, 0.15) is 18.6 Å². The third kappa shape index (κ3) is 6.80. The molecule has 1 rings (SSSR count). The Kier molecular flexibility index (Phi) is 8.30. The molecule has 0 aliphatic heterocycles. The maximum atomic E-state index is 10.5. The molecule has 0 fully saturated rings. The Bertz CT molecular complexity index is 622. The number of hydrogen-bond acceptors (Lipinski definition) is 5. The summed E-state index contributed by atoms with van der Waals surface area (Å²) >= 11 is 0. The van der Waals surface area contributed by atoms with Crippen LogP contribution in [0.2, 0.25) is 18.1 Å². The summed E-state index contributed by atoms with van der Waals surface area (Å²) in [7, 11) is -2.01. The molecule has 26 heavy (non-hydrogen) atoms. The molecule has 1 aromatic carbocycles. The number of carbonyl (C=O) groups excluding carboxylic acids is 1. The van der Waals surface area contributed by atoms with Gasteiger partial charge in [0.2, 0.25) is 0 Å². The number of nitrogens with zero attached hydrogens (tertiary/aromatic N) is 3. The molecule has 0 aromatic heterocycles. The summed E-state index contributed by atoms with van der Waals surface area (Å²) in [6.45, 7) is 10.7. The van der Waals surface area contributed by atoms with Crippen LogP contribution in [0.15, 0.2) is 29.4 Å². The van der Waals surface area contributed by atoms with E-state index in [-0.39, 0.29) is 18.3 Å². The maximum Gasteiger partial charge on any atom is 0.191 e. The van der Waals surface area contributed by atoms with E-state index < -0.39 is 20.5 Å². The van der Waals surface area contributed by atoms with E-state index >= 15 is 0 Å². The van der Waals surface area contributed by atoms with Crippen LogP contribution in [0, 0.1) is 0 Å². The van der Waals surface area contributed by atoms with Gasteiger partial charge < -0.3 is 19.1 Å². The molecule has 2 atom stereocenters. The number of aliphatic hydroxyl groups excluding tert-OH is 1. The lowest BCUT2D eigenvalue weighted by Gasteiger charge is -2.37. The molecule has 0 heterocycles. The summed E-state index contributed by atoms with van der Waals surface area (Å²) in [6.07, 6.45) is 0.212. The van der Waals surface area contributed by atoms with Crippen LogP contribution in [0.4, 0.5) is 0 Å². The van der Waals surface area contributed by atoms with Crippen molar-refractivity contribution in [3.8, 4) is 5.75 Å². The van der Waals surface area contributed by atoms with Gasteiger partial charge in [-0.15, -0.1) is 0 Å². The monoisotopic (exact) mass is 379 g/mol. The predicted molar refractivity (Wildman–Crippen MR) is 104 cm³/mol. The minimum atomic E-state index is -2.01. The Morgan fingerprint density at radius 1 is 1.27 bits per heavy atom. The van der Waals surface area contributed by atoms with Crippen molar-refractivity contribution in [2.24, 2.45) is 5.11 Å². The second kappa shape index (κ2) is 9.73. The second-order valence-electron chi connectivity index (χ2n) is 7.74. The molecule has 0 aliphatic carbocycles. The minimum absolute atomic E-state index is 0.0163. The first-order valence-electron chi connectivity index (χ1n) is 8.62. The fraction of sp³-hybridized carbons (Fsp3) is 0.611. The van der Waals surface area contributed by atoms with E-state index in [2.05, 4.69) is 43.9 Å². The first-order valence-corrected chi connectivity index (χ1v) is 11.5. The van der Waals surface area contributed by atoms with Gasteiger partial charge in [0.25, 0.3) is 0 Å². The molecule has 8 heteroatoms. The van der Waals surface area contributed by atoms with Gasteiger partial charge in [-0.05, 0) is 41.4 Å². The molecule has 0 bridgehead atoms. The molecular weight excluding hydrogens is 350 g/mol. The molecule has 0 aliphatic rings. The fourth-order valence-electron chi connectivity index (χ4n) is 1.91. The quantitative estimate of drug-likeness (QED) is 0.219. The highest BCUT2D eigenvalue weighted by molar-refractivity contribution is 6.74. The number of azide groups is 1. The standard InChI is InChI=1S/C18H29N3O4Si/c1-18(2,3)26(4,5)25-12-16(20-21-19)17(23)13-24-15-8-6-14(7-9-15)10-11-22/h6-9,11,16-17,23H,10,12-13H2,1-5H3. The zero-order valence-corrected chi connectivity index (χ0v) is 17.2. The van der Waals surface area contributed by atoms with Crippen molar-refractivity contribution < 1.29 is 19.1 Å². The van der Waals surface area contributed by atoms with Gasteiger partial charge >= 0.3 is 0 Å².